The van der Waals surface area contributed by atoms with Crippen LogP contribution in [0.4, 0.5) is 0 Å². The molecule has 0 spiro atoms. The first-order valence-corrected chi connectivity index (χ1v) is 10.7. The second-order valence-electron chi connectivity index (χ2n) is 6.37. The number of carbonyl (C=O) groups excluding carboxylic acids is 2. The van der Waals surface area contributed by atoms with Crippen molar-refractivity contribution in [3.05, 3.63) is 35.4 Å². The smallest absolute Gasteiger partial charge is 0.339 e. The third-order valence-electron chi connectivity index (χ3n) is 4.06. The number of hydrogen-bond acceptors (Lipinski definition) is 6. The van der Waals surface area contributed by atoms with E-state index in [9.17, 15) is 18.0 Å². The van der Waals surface area contributed by atoms with Crippen LogP contribution in [0.15, 0.2) is 24.3 Å². The average Bonchev–Trinajstić information content (AvgIpc) is 2.64. The third kappa shape index (κ3) is 8.53. The predicted octanol–water partition coefficient (Wildman–Crippen LogP) is 3.64. The summed E-state index contributed by atoms with van der Waals surface area (Å²) >= 11 is 0. The van der Waals surface area contributed by atoms with E-state index in [-0.39, 0.29) is 17.7 Å². The van der Waals surface area contributed by atoms with E-state index in [0.717, 1.165) is 19.3 Å². The molecule has 1 aromatic carbocycles. The van der Waals surface area contributed by atoms with Gasteiger partial charge in [0.2, 0.25) is 0 Å². The molecule has 1 N–H and O–H groups in total. The minimum Gasteiger partial charge on any atom is -0.462 e. The Morgan fingerprint density at radius 2 is 1.48 bits per heavy atom. The number of carbonyl (C=O) groups is 2. The highest BCUT2D eigenvalue weighted by molar-refractivity contribution is 7.86. The molecule has 0 saturated heterocycles. The molecule has 8 heteroatoms. The van der Waals surface area contributed by atoms with Gasteiger partial charge in [-0.15, -0.1) is 0 Å². The topological polar surface area (TPSA) is 107 Å². The Hall–Kier alpha value is -1.93. The maximum atomic E-state index is 12.2. The summed E-state index contributed by atoms with van der Waals surface area (Å²) in [5, 5.41) is -1.26. The lowest BCUT2D eigenvalue weighted by Gasteiger charge is -2.12. The van der Waals surface area contributed by atoms with Crippen LogP contribution in [0, 0.1) is 0 Å². The average molecular weight is 400 g/mol. The van der Waals surface area contributed by atoms with Crippen molar-refractivity contribution < 1.29 is 32.0 Å². The number of esters is 2. The molecule has 0 fully saturated rings. The van der Waals surface area contributed by atoms with Crippen molar-refractivity contribution in [1.29, 1.82) is 0 Å². The molecule has 1 rings (SSSR count). The second kappa shape index (κ2) is 11.7. The van der Waals surface area contributed by atoms with Crippen molar-refractivity contribution in [3.8, 4) is 0 Å². The zero-order valence-electron chi connectivity index (χ0n) is 15.8. The fourth-order valence-electron chi connectivity index (χ4n) is 2.32. The van der Waals surface area contributed by atoms with Gasteiger partial charge in [0.25, 0.3) is 10.1 Å². The van der Waals surface area contributed by atoms with Crippen LogP contribution in [0.5, 0.6) is 0 Å². The molecule has 0 aliphatic carbocycles. The molecular formula is C19H28O7S. The van der Waals surface area contributed by atoms with Crippen molar-refractivity contribution in [1.82, 2.24) is 0 Å². The summed E-state index contributed by atoms with van der Waals surface area (Å²) in [5.41, 5.74) is 0.0565. The predicted molar refractivity (Wildman–Crippen MR) is 101 cm³/mol. The van der Waals surface area contributed by atoms with Gasteiger partial charge < -0.3 is 9.47 Å². The summed E-state index contributed by atoms with van der Waals surface area (Å²) in [7, 11) is -4.30. The molecule has 1 atom stereocenters. The van der Waals surface area contributed by atoms with E-state index in [1.807, 2.05) is 0 Å². The fourth-order valence-corrected chi connectivity index (χ4v) is 2.56. The molecule has 0 radical (unpaired) electrons. The number of rotatable bonds is 12. The standard InChI is InChI=1S/C19H28O7S/c1-3-4-5-6-7-10-13-25-18(20)16-11-8-9-12-17(16)19(21)26-14-15(2)27(22,23)24/h8-9,11-12,15H,3-7,10,13-14H2,1-2H3,(H,22,23,24). The van der Waals surface area contributed by atoms with E-state index in [1.54, 1.807) is 12.1 Å². The SMILES string of the molecule is CCCCCCCCOC(=O)c1ccccc1C(=O)OCC(C)S(=O)(=O)O. The molecule has 0 aliphatic heterocycles. The largest absolute Gasteiger partial charge is 0.462 e. The minimum atomic E-state index is -4.30. The van der Waals surface area contributed by atoms with Crippen LogP contribution in [0.1, 0.15) is 73.1 Å². The zero-order valence-corrected chi connectivity index (χ0v) is 16.7. The van der Waals surface area contributed by atoms with E-state index in [2.05, 4.69) is 6.92 Å². The van der Waals surface area contributed by atoms with Gasteiger partial charge in [0.05, 0.1) is 17.7 Å². The van der Waals surface area contributed by atoms with E-state index in [4.69, 9.17) is 14.0 Å². The van der Waals surface area contributed by atoms with E-state index >= 15 is 0 Å². The lowest BCUT2D eigenvalue weighted by atomic mass is 10.1. The molecule has 1 unspecified atom stereocenters. The maximum Gasteiger partial charge on any atom is 0.339 e. The Kier molecular flexibility index (Phi) is 10.0. The summed E-state index contributed by atoms with van der Waals surface area (Å²) in [5.74, 6) is -1.48. The lowest BCUT2D eigenvalue weighted by molar-refractivity contribution is 0.0454. The van der Waals surface area contributed by atoms with Gasteiger partial charge in [-0.05, 0) is 25.5 Å². The molecule has 0 bridgehead atoms. The van der Waals surface area contributed by atoms with Gasteiger partial charge in [0, 0.05) is 0 Å². The maximum absolute atomic E-state index is 12.2. The molecule has 152 valence electrons. The van der Waals surface area contributed by atoms with Gasteiger partial charge in [0.15, 0.2) is 0 Å². The number of hydrogen-bond donors (Lipinski definition) is 1. The van der Waals surface area contributed by atoms with E-state index in [0.29, 0.717) is 0 Å². The highest BCUT2D eigenvalue weighted by atomic mass is 32.2. The van der Waals surface area contributed by atoms with Gasteiger partial charge in [-0.2, -0.15) is 8.42 Å². The van der Waals surface area contributed by atoms with Crippen LogP contribution in [0.2, 0.25) is 0 Å². The molecule has 0 aliphatic rings. The highest BCUT2D eigenvalue weighted by Gasteiger charge is 2.23. The first-order valence-electron chi connectivity index (χ1n) is 9.17. The van der Waals surface area contributed by atoms with Crippen molar-refractivity contribution in [2.24, 2.45) is 0 Å². The van der Waals surface area contributed by atoms with Gasteiger partial charge >= 0.3 is 11.9 Å². The Balaban J connectivity index is 2.57. The first-order chi connectivity index (χ1) is 12.8. The summed E-state index contributed by atoms with van der Waals surface area (Å²) in [6, 6.07) is 6.01. The zero-order chi connectivity index (χ0) is 20.3. The minimum absolute atomic E-state index is 0.00650. The second-order valence-corrected chi connectivity index (χ2v) is 8.21. The Bertz CT molecular complexity index is 713. The highest BCUT2D eigenvalue weighted by Crippen LogP contribution is 2.13. The number of unbranched alkanes of at least 4 members (excludes halogenated alkanes) is 5. The summed E-state index contributed by atoms with van der Waals surface area (Å²) in [4.78, 5) is 24.4. The van der Waals surface area contributed by atoms with Crippen molar-refractivity contribution in [2.75, 3.05) is 13.2 Å². The van der Waals surface area contributed by atoms with E-state index < -0.39 is 33.9 Å². The molecule has 1 aromatic rings. The quantitative estimate of drug-likeness (QED) is 0.324. The molecule has 0 amide bonds. The van der Waals surface area contributed by atoms with Crippen molar-refractivity contribution in [3.63, 3.8) is 0 Å². The number of benzene rings is 1. The van der Waals surface area contributed by atoms with Gasteiger partial charge in [0.1, 0.15) is 11.9 Å². The Morgan fingerprint density at radius 3 is 2.04 bits per heavy atom. The van der Waals surface area contributed by atoms with Crippen LogP contribution in [0.25, 0.3) is 0 Å². The summed E-state index contributed by atoms with van der Waals surface area (Å²) in [6.07, 6.45) is 6.37. The molecule has 0 heterocycles. The lowest BCUT2D eigenvalue weighted by Crippen LogP contribution is -2.25. The first kappa shape index (κ1) is 23.1. The van der Waals surface area contributed by atoms with Crippen molar-refractivity contribution >= 4 is 22.1 Å². The van der Waals surface area contributed by atoms with Crippen LogP contribution in [0.3, 0.4) is 0 Å². The van der Waals surface area contributed by atoms with Crippen molar-refractivity contribution in [2.45, 2.75) is 57.6 Å². The molecule has 0 saturated carbocycles. The molecular weight excluding hydrogens is 372 g/mol. The van der Waals surface area contributed by atoms with Crippen LogP contribution in [-0.2, 0) is 19.6 Å². The van der Waals surface area contributed by atoms with Crippen LogP contribution in [-0.4, -0.2) is 43.4 Å². The molecule has 0 aromatic heterocycles. The molecule has 27 heavy (non-hydrogen) atoms. The van der Waals surface area contributed by atoms with Crippen LogP contribution < -0.4 is 0 Å². The van der Waals surface area contributed by atoms with E-state index in [1.165, 1.54) is 38.3 Å². The van der Waals surface area contributed by atoms with Gasteiger partial charge in [-0.3, -0.25) is 4.55 Å². The molecule has 7 nitrogen and oxygen atoms in total. The summed E-state index contributed by atoms with van der Waals surface area (Å²) in [6.45, 7) is 3.11. The van der Waals surface area contributed by atoms with Crippen LogP contribution >= 0.6 is 0 Å². The third-order valence-corrected chi connectivity index (χ3v) is 5.21. The monoisotopic (exact) mass is 400 g/mol. The normalized spacial score (nSPS) is 12.4. The number of ether oxygens (including phenoxy) is 2. The van der Waals surface area contributed by atoms with Gasteiger partial charge in [-0.1, -0.05) is 51.2 Å². The Labute approximate surface area is 160 Å². The Morgan fingerprint density at radius 1 is 0.963 bits per heavy atom. The van der Waals surface area contributed by atoms with Gasteiger partial charge in [-0.25, -0.2) is 9.59 Å². The summed E-state index contributed by atoms with van der Waals surface area (Å²) < 4.78 is 41.0. The fraction of sp³-hybridized carbons (Fsp3) is 0.579.